The van der Waals surface area contributed by atoms with Gasteiger partial charge in [0.2, 0.25) is 5.91 Å². The lowest BCUT2D eigenvalue weighted by Crippen LogP contribution is -2.20. The summed E-state index contributed by atoms with van der Waals surface area (Å²) in [5, 5.41) is 14.3. The van der Waals surface area contributed by atoms with Gasteiger partial charge in [-0.3, -0.25) is 19.0 Å². The van der Waals surface area contributed by atoms with E-state index in [1.54, 1.807) is 54.3 Å². The third kappa shape index (κ3) is 4.53. The van der Waals surface area contributed by atoms with Crippen LogP contribution in [0, 0.1) is 6.92 Å². The number of hydrogen-bond acceptors (Lipinski definition) is 4. The topological polar surface area (TPSA) is 93.8 Å². The molecule has 0 aliphatic rings. The number of aromatic nitrogens is 4. The molecule has 3 aromatic rings. The van der Waals surface area contributed by atoms with E-state index >= 15 is 0 Å². The first-order chi connectivity index (χ1) is 13.0. The predicted octanol–water partition coefficient (Wildman–Crippen LogP) is 2.95. The molecule has 2 N–H and O–H groups in total. The summed E-state index contributed by atoms with van der Waals surface area (Å²) in [7, 11) is 0. The third-order valence-corrected chi connectivity index (χ3v) is 4.22. The van der Waals surface area contributed by atoms with E-state index in [4.69, 9.17) is 11.6 Å². The number of amides is 2. The van der Waals surface area contributed by atoms with Crippen molar-refractivity contribution in [3.05, 3.63) is 59.1 Å². The van der Waals surface area contributed by atoms with E-state index in [-0.39, 0.29) is 18.4 Å². The van der Waals surface area contributed by atoms with Gasteiger partial charge in [0.25, 0.3) is 5.91 Å². The molecular formula is C18H19ClN6O2. The molecule has 3 rings (SSSR count). The number of hydrogen-bond donors (Lipinski definition) is 2. The Hall–Kier alpha value is -3.13. The predicted molar refractivity (Wildman–Crippen MR) is 103 cm³/mol. The smallest absolute Gasteiger partial charge is 0.273 e. The molecule has 0 saturated carbocycles. The fourth-order valence-electron chi connectivity index (χ4n) is 2.57. The summed E-state index contributed by atoms with van der Waals surface area (Å²) < 4.78 is 3.09. The molecule has 0 unspecified atom stereocenters. The lowest BCUT2D eigenvalue weighted by atomic mass is 10.2. The Morgan fingerprint density at radius 2 is 1.93 bits per heavy atom. The molecule has 0 fully saturated rings. The second-order valence-corrected chi connectivity index (χ2v) is 6.28. The van der Waals surface area contributed by atoms with Crippen LogP contribution in [-0.4, -0.2) is 31.4 Å². The van der Waals surface area contributed by atoms with Crippen molar-refractivity contribution in [3.8, 4) is 0 Å². The first-order valence-corrected chi connectivity index (χ1v) is 8.76. The number of benzene rings is 1. The van der Waals surface area contributed by atoms with E-state index in [1.165, 1.54) is 4.68 Å². The number of anilines is 2. The van der Waals surface area contributed by atoms with Crippen LogP contribution in [0.5, 0.6) is 0 Å². The fourth-order valence-corrected chi connectivity index (χ4v) is 2.72. The zero-order valence-electron chi connectivity index (χ0n) is 14.9. The van der Waals surface area contributed by atoms with Gasteiger partial charge >= 0.3 is 0 Å². The summed E-state index contributed by atoms with van der Waals surface area (Å²) >= 11 is 5.94. The van der Waals surface area contributed by atoms with Crippen molar-refractivity contribution in [3.63, 3.8) is 0 Å². The second-order valence-electron chi connectivity index (χ2n) is 5.88. The van der Waals surface area contributed by atoms with Crippen LogP contribution in [0.1, 0.15) is 23.1 Å². The molecule has 2 aromatic heterocycles. The second kappa shape index (κ2) is 8.05. The van der Waals surface area contributed by atoms with Crippen molar-refractivity contribution in [1.82, 2.24) is 19.6 Å². The summed E-state index contributed by atoms with van der Waals surface area (Å²) in [4.78, 5) is 24.6. The number of halogens is 1. The van der Waals surface area contributed by atoms with Gasteiger partial charge in [-0.05, 0) is 38.1 Å². The Labute approximate surface area is 161 Å². The van der Waals surface area contributed by atoms with E-state index in [1.807, 2.05) is 6.92 Å². The highest BCUT2D eigenvalue weighted by Crippen LogP contribution is 2.17. The van der Waals surface area contributed by atoms with E-state index in [2.05, 4.69) is 20.8 Å². The number of rotatable bonds is 6. The van der Waals surface area contributed by atoms with Crippen LogP contribution in [-0.2, 0) is 17.9 Å². The third-order valence-electron chi connectivity index (χ3n) is 3.84. The average Bonchev–Trinajstić information content (AvgIpc) is 3.21. The quantitative estimate of drug-likeness (QED) is 0.681. The number of aryl methyl sites for hydroxylation is 2. The molecule has 2 heterocycles. The Bertz CT molecular complexity index is 958. The summed E-state index contributed by atoms with van der Waals surface area (Å²) in [5.41, 5.74) is 2.27. The Balaban J connectivity index is 1.64. The van der Waals surface area contributed by atoms with Crippen LogP contribution in [0.15, 0.2) is 42.7 Å². The monoisotopic (exact) mass is 386 g/mol. The van der Waals surface area contributed by atoms with Crippen LogP contribution in [0.25, 0.3) is 0 Å². The number of carbonyl (C=O) groups excluding carboxylic acids is 2. The Kier molecular flexibility index (Phi) is 5.56. The van der Waals surface area contributed by atoms with Gasteiger partial charge in [-0.1, -0.05) is 17.7 Å². The molecule has 2 amide bonds. The molecular weight excluding hydrogens is 368 g/mol. The molecule has 0 saturated heterocycles. The Morgan fingerprint density at radius 1 is 1.19 bits per heavy atom. The van der Waals surface area contributed by atoms with Gasteiger partial charge in [0.1, 0.15) is 12.2 Å². The fraction of sp³-hybridized carbons (Fsp3) is 0.222. The number of nitrogens with zero attached hydrogens (tertiary/aromatic N) is 4. The van der Waals surface area contributed by atoms with Crippen molar-refractivity contribution in [2.75, 3.05) is 10.6 Å². The van der Waals surface area contributed by atoms with Crippen molar-refractivity contribution < 1.29 is 9.59 Å². The van der Waals surface area contributed by atoms with E-state index < -0.39 is 0 Å². The van der Waals surface area contributed by atoms with Gasteiger partial charge in [0.05, 0.1) is 10.7 Å². The molecule has 0 radical (unpaired) electrons. The van der Waals surface area contributed by atoms with E-state index in [0.29, 0.717) is 34.3 Å². The lowest BCUT2D eigenvalue weighted by Gasteiger charge is -2.09. The van der Waals surface area contributed by atoms with Gasteiger partial charge in [-0.25, -0.2) is 0 Å². The van der Waals surface area contributed by atoms with Crippen molar-refractivity contribution >= 4 is 34.8 Å². The van der Waals surface area contributed by atoms with Gasteiger partial charge in [0.15, 0.2) is 0 Å². The molecule has 1 aromatic carbocycles. The first-order valence-electron chi connectivity index (χ1n) is 8.39. The van der Waals surface area contributed by atoms with Gasteiger partial charge in [-0.2, -0.15) is 10.2 Å². The van der Waals surface area contributed by atoms with E-state index in [0.717, 1.165) is 0 Å². The number of nitrogens with one attached hydrogen (secondary N) is 2. The molecule has 8 nitrogen and oxygen atoms in total. The molecule has 0 aliphatic carbocycles. The van der Waals surface area contributed by atoms with Crippen LogP contribution >= 0.6 is 11.6 Å². The first kappa shape index (κ1) is 18.7. The molecule has 140 valence electrons. The van der Waals surface area contributed by atoms with Crippen molar-refractivity contribution in [2.45, 2.75) is 26.9 Å². The molecule has 0 aliphatic heterocycles. The highest BCUT2D eigenvalue weighted by molar-refractivity contribution is 6.31. The zero-order valence-corrected chi connectivity index (χ0v) is 15.7. The van der Waals surface area contributed by atoms with Gasteiger partial charge in [-0.15, -0.1) is 0 Å². The summed E-state index contributed by atoms with van der Waals surface area (Å²) in [6, 6.07) is 8.57. The van der Waals surface area contributed by atoms with Crippen LogP contribution in [0.2, 0.25) is 5.02 Å². The molecule has 0 spiro atoms. The van der Waals surface area contributed by atoms with Gasteiger partial charge < -0.3 is 10.6 Å². The highest BCUT2D eigenvalue weighted by atomic mass is 35.5. The van der Waals surface area contributed by atoms with Crippen molar-refractivity contribution in [1.29, 1.82) is 0 Å². The minimum absolute atomic E-state index is 0.0415. The summed E-state index contributed by atoms with van der Waals surface area (Å²) in [6.07, 6.45) is 3.18. The van der Waals surface area contributed by atoms with Crippen LogP contribution in [0.4, 0.5) is 11.4 Å². The molecule has 0 bridgehead atoms. The standard InChI is InChI=1S/C18H19ClN6O2/c1-3-25-16(7-8-20-25)18(27)22-14-6-4-5-13(9-14)21-17(26)11-24-10-15(19)12(2)23-24/h4-10H,3,11H2,1-2H3,(H,21,26)(H,22,27). The lowest BCUT2D eigenvalue weighted by molar-refractivity contribution is -0.116. The maximum atomic E-state index is 12.4. The van der Waals surface area contributed by atoms with Crippen LogP contribution in [0.3, 0.4) is 0 Å². The highest BCUT2D eigenvalue weighted by Gasteiger charge is 2.12. The van der Waals surface area contributed by atoms with Gasteiger partial charge in [0, 0.05) is 30.3 Å². The summed E-state index contributed by atoms with van der Waals surface area (Å²) in [5.74, 6) is -0.513. The minimum atomic E-state index is -0.264. The maximum Gasteiger partial charge on any atom is 0.273 e. The molecule has 0 atom stereocenters. The van der Waals surface area contributed by atoms with E-state index in [9.17, 15) is 9.59 Å². The number of carbonyl (C=O) groups is 2. The van der Waals surface area contributed by atoms with Crippen molar-refractivity contribution in [2.24, 2.45) is 0 Å². The SMILES string of the molecule is CCn1nccc1C(=O)Nc1cccc(NC(=O)Cn2cc(Cl)c(C)n2)c1. The summed E-state index contributed by atoms with van der Waals surface area (Å²) in [6.45, 7) is 4.32. The maximum absolute atomic E-state index is 12.4. The molecule has 9 heteroatoms. The Morgan fingerprint density at radius 3 is 2.59 bits per heavy atom. The minimum Gasteiger partial charge on any atom is -0.324 e. The zero-order chi connectivity index (χ0) is 19.4. The largest absolute Gasteiger partial charge is 0.324 e. The average molecular weight is 387 g/mol. The normalized spacial score (nSPS) is 10.6. The van der Waals surface area contributed by atoms with Crippen LogP contribution < -0.4 is 10.6 Å². The molecule has 27 heavy (non-hydrogen) atoms.